The number of halogens is 3. The molecule has 0 saturated carbocycles. The van der Waals surface area contributed by atoms with Crippen molar-refractivity contribution in [3.63, 3.8) is 0 Å². The molecule has 0 aromatic heterocycles. The topological polar surface area (TPSA) is 195 Å². The van der Waals surface area contributed by atoms with Gasteiger partial charge in [-0.2, -0.15) is 0 Å². The van der Waals surface area contributed by atoms with Gasteiger partial charge in [-0.15, -0.1) is 6.58 Å². The molecule has 2 saturated heterocycles. The third-order valence-electron chi connectivity index (χ3n) is 11.5. The van der Waals surface area contributed by atoms with E-state index in [4.69, 9.17) is 95.7 Å². The summed E-state index contributed by atoms with van der Waals surface area (Å²) in [5.74, 6) is -0.272. The van der Waals surface area contributed by atoms with E-state index in [0.29, 0.717) is 45.7 Å². The summed E-state index contributed by atoms with van der Waals surface area (Å²) in [7, 11) is -4.31. The molecule has 2 rings (SSSR count). The van der Waals surface area contributed by atoms with E-state index in [1.165, 1.54) is 0 Å². The second kappa shape index (κ2) is 39.5. The molecule has 2 aliphatic rings. The molecule has 11 atom stereocenters. The summed E-state index contributed by atoms with van der Waals surface area (Å²) in [5, 5.41) is 5.96. The van der Waals surface area contributed by atoms with Gasteiger partial charge in [-0.3, -0.25) is 18.4 Å². The predicted octanol–water partition coefficient (Wildman–Crippen LogP) is 10.7. The molecule has 10 unspecified atom stereocenters. The number of carbonyl (C=O) groups is 2. The fourth-order valence-electron chi connectivity index (χ4n) is 7.49. The molecule has 2 fully saturated rings. The molecule has 2 N–H and O–H groups in total. The van der Waals surface area contributed by atoms with Crippen LogP contribution in [0.25, 0.3) is 0 Å². The van der Waals surface area contributed by atoms with Crippen molar-refractivity contribution in [1.29, 1.82) is 0 Å². The van der Waals surface area contributed by atoms with Crippen LogP contribution in [0.15, 0.2) is 12.7 Å². The van der Waals surface area contributed by atoms with Gasteiger partial charge >= 0.3 is 13.9 Å². The normalized spacial score (nSPS) is 25.3. The summed E-state index contributed by atoms with van der Waals surface area (Å²) < 4.78 is 95.0. The summed E-state index contributed by atoms with van der Waals surface area (Å²) in [6, 6.07) is -2.05. The second-order valence-corrected chi connectivity index (χ2v) is 22.3. The number of hydrogen-bond donors (Lipinski definition) is 2. The highest BCUT2D eigenvalue weighted by Gasteiger charge is 2.54. The Morgan fingerprint density at radius 1 is 0.625 bits per heavy atom. The van der Waals surface area contributed by atoms with Crippen molar-refractivity contribution in [2.75, 3.05) is 72.7 Å². The molecule has 2 heterocycles. The molecule has 0 radical (unpaired) electrons. The third kappa shape index (κ3) is 26.9. The Bertz CT molecular complexity index is 1460. The monoisotopic (exact) mass is 1110 g/mol. The third-order valence-corrected chi connectivity index (χ3v) is 13.4. The number of rotatable bonds is 42. The molecule has 0 spiro atoms. The Hall–Kier alpha value is -0.900. The number of ether oxygens (including phenoxy) is 10. The van der Waals surface area contributed by atoms with Crippen LogP contribution in [-0.4, -0.2) is 156 Å². The zero-order valence-electron chi connectivity index (χ0n) is 44.6. The Labute approximate surface area is 446 Å². The number of alkyl halides is 3. The van der Waals surface area contributed by atoms with Crippen LogP contribution in [0, 0.1) is 0 Å². The van der Waals surface area contributed by atoms with Crippen LogP contribution in [0.4, 0.5) is 4.79 Å². The smallest absolute Gasteiger partial charge is 0.445 e. The number of nitrogens with one attached hydrogen (secondary N) is 2. The molecule has 0 aromatic rings. The fraction of sp³-hybridized carbons (Fsp3) is 0.920. The van der Waals surface area contributed by atoms with Crippen molar-refractivity contribution in [2.24, 2.45) is 0 Å². The van der Waals surface area contributed by atoms with E-state index in [0.717, 1.165) is 70.6 Å². The first-order valence-electron chi connectivity index (χ1n) is 26.7. The largest absolute Gasteiger partial charge is 0.475 e. The summed E-state index contributed by atoms with van der Waals surface area (Å²) in [5.41, 5.74) is 0. The standard InChI is InChI=1S/C50H92Cl3N2O16P/c1-10-18-26-59-34-38-44(71-72(58,67-31-23-15-6)68-32-24-16-7)46(63-30-22-14-5)42(55-49(57)66-36-50(51,52)53)48(69-38)65-35-39-43(61-28-20-12-3)45(62-29-21-13-4)41(47(70-39)64-25-17-8)54-40(56)33-37(9)60-27-19-11-2/h17,37-39,41-48H,8,10-16,18-36H2,1-7,9H3,(H,54,56)(H,55,57)/t37-,38?,39?,41?,42?,43?,44?,45?,46?,47?,48?/m1/s1. The SMILES string of the molecule is C=CCOC1OC(COC2OC(COCCCC)C(OP(=O)(OCCCC)OCCCC)C(OCCCC)C2NC(=O)OCC(Cl)(Cl)Cl)C(OCCCC)C(OCCCC)C1NC(=O)C[C@@H](C)OCCCC. The van der Waals surface area contributed by atoms with Crippen LogP contribution in [-0.2, 0) is 70.3 Å². The lowest BCUT2D eigenvalue weighted by Crippen LogP contribution is -2.68. The van der Waals surface area contributed by atoms with Crippen molar-refractivity contribution < 1.29 is 75.1 Å². The van der Waals surface area contributed by atoms with Gasteiger partial charge in [-0.1, -0.05) is 134 Å². The van der Waals surface area contributed by atoms with Gasteiger partial charge in [0.15, 0.2) is 12.6 Å². The molecular formula is C50H92Cl3N2O16P. The molecular weight excluding hydrogens is 1020 g/mol. The van der Waals surface area contributed by atoms with Crippen molar-refractivity contribution in [3.05, 3.63) is 12.7 Å². The average molecular weight is 1110 g/mol. The van der Waals surface area contributed by atoms with Crippen LogP contribution in [0.3, 0.4) is 0 Å². The molecule has 2 aliphatic heterocycles. The van der Waals surface area contributed by atoms with Crippen LogP contribution in [0.5, 0.6) is 0 Å². The maximum atomic E-state index is 14.7. The van der Waals surface area contributed by atoms with Crippen molar-refractivity contribution in [1.82, 2.24) is 10.6 Å². The minimum Gasteiger partial charge on any atom is -0.445 e. The van der Waals surface area contributed by atoms with Crippen LogP contribution < -0.4 is 10.6 Å². The zero-order valence-corrected chi connectivity index (χ0v) is 47.8. The predicted molar refractivity (Wildman–Crippen MR) is 279 cm³/mol. The molecule has 0 aromatic carbocycles. The summed E-state index contributed by atoms with van der Waals surface area (Å²) >= 11 is 18.0. The van der Waals surface area contributed by atoms with Gasteiger partial charge in [0, 0.05) is 33.0 Å². The van der Waals surface area contributed by atoms with Crippen molar-refractivity contribution in [2.45, 2.75) is 223 Å². The summed E-state index contributed by atoms with van der Waals surface area (Å²) in [6.07, 6.45) is 2.88. The van der Waals surface area contributed by atoms with Crippen molar-refractivity contribution in [3.8, 4) is 0 Å². The number of hydrogen-bond acceptors (Lipinski definition) is 16. The van der Waals surface area contributed by atoms with E-state index in [1.807, 2.05) is 34.6 Å². The number of carbonyl (C=O) groups excluding carboxylic acids is 2. The van der Waals surface area contributed by atoms with Gasteiger partial charge in [0.05, 0.1) is 45.6 Å². The van der Waals surface area contributed by atoms with E-state index in [-0.39, 0.29) is 58.1 Å². The molecule has 0 bridgehead atoms. The minimum absolute atomic E-state index is 0.0519. The zero-order chi connectivity index (χ0) is 53.2. The van der Waals surface area contributed by atoms with E-state index >= 15 is 0 Å². The van der Waals surface area contributed by atoms with E-state index < -0.39 is 85.6 Å². The highest BCUT2D eigenvalue weighted by Crippen LogP contribution is 2.53. The van der Waals surface area contributed by atoms with Crippen LogP contribution >= 0.6 is 42.6 Å². The van der Waals surface area contributed by atoms with Gasteiger partial charge in [0.25, 0.3) is 0 Å². The Kier molecular flexibility index (Phi) is 36.8. The lowest BCUT2D eigenvalue weighted by molar-refractivity contribution is -0.311. The number of amides is 2. The van der Waals surface area contributed by atoms with Gasteiger partial charge in [0.2, 0.25) is 9.70 Å². The highest BCUT2D eigenvalue weighted by molar-refractivity contribution is 7.48. The first kappa shape index (κ1) is 67.2. The number of unbranched alkanes of at least 4 members (excludes halogenated alkanes) is 7. The average Bonchev–Trinajstić information content (AvgIpc) is 3.33. The lowest BCUT2D eigenvalue weighted by atomic mass is 9.95. The fourth-order valence-corrected chi connectivity index (χ4v) is 9.11. The highest BCUT2D eigenvalue weighted by atomic mass is 35.6. The van der Waals surface area contributed by atoms with Gasteiger partial charge in [-0.05, 0) is 51.9 Å². The molecule has 2 amide bonds. The number of phosphoric acid groups is 1. The Morgan fingerprint density at radius 3 is 1.64 bits per heavy atom. The Morgan fingerprint density at radius 2 is 1.10 bits per heavy atom. The first-order chi connectivity index (χ1) is 34.6. The Balaban J connectivity index is 2.77. The van der Waals surface area contributed by atoms with Crippen LogP contribution in [0.1, 0.15) is 152 Å². The lowest BCUT2D eigenvalue weighted by Gasteiger charge is -2.48. The van der Waals surface area contributed by atoms with Crippen LogP contribution in [0.2, 0.25) is 0 Å². The molecule has 72 heavy (non-hydrogen) atoms. The number of phosphoric ester groups is 1. The maximum absolute atomic E-state index is 14.7. The van der Waals surface area contributed by atoms with Crippen molar-refractivity contribution >= 4 is 54.6 Å². The molecule has 18 nitrogen and oxygen atoms in total. The molecule has 0 aliphatic carbocycles. The molecule has 22 heteroatoms. The maximum Gasteiger partial charge on any atom is 0.475 e. The van der Waals surface area contributed by atoms with Gasteiger partial charge in [0.1, 0.15) is 55.3 Å². The summed E-state index contributed by atoms with van der Waals surface area (Å²) in [6.45, 7) is 21.2. The van der Waals surface area contributed by atoms with Gasteiger partial charge in [-0.25, -0.2) is 9.36 Å². The number of alkyl carbamates (subject to hydrolysis) is 1. The molecule has 424 valence electrons. The summed E-state index contributed by atoms with van der Waals surface area (Å²) in [4.78, 5) is 27.5. The van der Waals surface area contributed by atoms with Gasteiger partial charge < -0.3 is 58.0 Å². The van der Waals surface area contributed by atoms with E-state index in [9.17, 15) is 14.2 Å². The second-order valence-electron chi connectivity index (χ2n) is 18.1. The van der Waals surface area contributed by atoms with E-state index in [1.54, 1.807) is 6.08 Å². The first-order valence-corrected chi connectivity index (χ1v) is 29.3. The quantitative estimate of drug-likeness (QED) is 0.0253. The minimum atomic E-state index is -4.31. The van der Waals surface area contributed by atoms with E-state index in [2.05, 4.69) is 38.0 Å².